The molecule has 15 heavy (non-hydrogen) atoms. The Labute approximate surface area is 88.5 Å². The minimum absolute atomic E-state index is 0.263. The van der Waals surface area contributed by atoms with E-state index >= 15 is 0 Å². The number of anilines is 2. The van der Waals surface area contributed by atoms with Crippen LogP contribution in [0.3, 0.4) is 0 Å². The van der Waals surface area contributed by atoms with E-state index in [2.05, 4.69) is 25.1 Å². The van der Waals surface area contributed by atoms with Gasteiger partial charge in [-0.05, 0) is 17.3 Å². The number of nitrogens with one attached hydrogen (secondary N) is 1. The van der Waals surface area contributed by atoms with Crippen molar-refractivity contribution in [2.24, 2.45) is 0 Å². The zero-order chi connectivity index (χ0) is 10.7. The number of pyridine rings is 1. The molecule has 0 atom stereocenters. The Morgan fingerprint density at radius 1 is 1.47 bits per heavy atom. The topological polar surface area (TPSA) is 107 Å². The first-order valence-corrected chi connectivity index (χ1v) is 4.71. The highest BCUT2D eigenvalue weighted by Gasteiger charge is 2.09. The van der Waals surface area contributed by atoms with E-state index in [1.54, 1.807) is 6.07 Å². The quantitative estimate of drug-likeness (QED) is 0.749. The van der Waals surface area contributed by atoms with E-state index < -0.39 is 0 Å². The third-order valence-electron chi connectivity index (χ3n) is 1.54. The van der Waals surface area contributed by atoms with Gasteiger partial charge in [0.2, 0.25) is 5.13 Å². The number of nitrogen functional groups attached to an aromatic ring is 1. The lowest BCUT2D eigenvalue weighted by Crippen LogP contribution is -2.13. The van der Waals surface area contributed by atoms with Crippen molar-refractivity contribution in [3.8, 4) is 0 Å². The maximum Gasteiger partial charge on any atom is 0.276 e. The van der Waals surface area contributed by atoms with Crippen LogP contribution in [0.4, 0.5) is 10.8 Å². The Bertz CT molecular complexity index is 453. The molecule has 0 saturated carbocycles. The molecule has 0 fully saturated rings. The first kappa shape index (κ1) is 9.46. The molecule has 0 saturated heterocycles. The highest BCUT2D eigenvalue weighted by atomic mass is 32.1. The standard InChI is InChI=1S/C7H6N6OS/c8-4-1-2-5(9-3-4)6(14)10-7-11-12-13-15-7/h1-3H,8H2,(H,10,11,13,14). The zero-order valence-corrected chi connectivity index (χ0v) is 8.23. The SMILES string of the molecule is Nc1ccc(C(=O)Nc2nnns2)nc1. The Morgan fingerprint density at radius 2 is 2.33 bits per heavy atom. The van der Waals surface area contributed by atoms with Gasteiger partial charge in [0.1, 0.15) is 5.69 Å². The van der Waals surface area contributed by atoms with Gasteiger partial charge in [-0.15, -0.1) is 0 Å². The minimum atomic E-state index is -0.367. The van der Waals surface area contributed by atoms with Crippen molar-refractivity contribution < 1.29 is 4.79 Å². The number of carbonyl (C=O) groups is 1. The summed E-state index contributed by atoms with van der Waals surface area (Å²) in [7, 11) is 0. The van der Waals surface area contributed by atoms with Crippen LogP contribution in [-0.2, 0) is 0 Å². The van der Waals surface area contributed by atoms with Crippen molar-refractivity contribution in [2.45, 2.75) is 0 Å². The Balaban J connectivity index is 2.11. The number of hydrogen-bond acceptors (Lipinski definition) is 7. The van der Waals surface area contributed by atoms with Gasteiger partial charge in [0, 0.05) is 11.5 Å². The number of nitrogens with two attached hydrogens (primary N) is 1. The molecule has 7 nitrogen and oxygen atoms in total. The van der Waals surface area contributed by atoms with Crippen LogP contribution < -0.4 is 11.1 Å². The lowest BCUT2D eigenvalue weighted by molar-refractivity contribution is 0.102. The van der Waals surface area contributed by atoms with Crippen LogP contribution in [0.25, 0.3) is 0 Å². The van der Waals surface area contributed by atoms with Gasteiger partial charge in [-0.25, -0.2) is 4.98 Å². The van der Waals surface area contributed by atoms with Crippen LogP contribution in [0.15, 0.2) is 18.3 Å². The van der Waals surface area contributed by atoms with E-state index in [1.807, 2.05) is 0 Å². The number of aromatic nitrogens is 4. The van der Waals surface area contributed by atoms with Gasteiger partial charge in [-0.1, -0.05) is 9.59 Å². The molecule has 3 N–H and O–H groups in total. The molecule has 2 rings (SSSR count). The molecular weight excluding hydrogens is 216 g/mol. The summed E-state index contributed by atoms with van der Waals surface area (Å²) in [4.78, 5) is 15.4. The molecule has 0 unspecified atom stereocenters. The number of carbonyl (C=O) groups excluding carboxylic acids is 1. The highest BCUT2D eigenvalue weighted by Crippen LogP contribution is 2.07. The van der Waals surface area contributed by atoms with Gasteiger partial charge in [-0.2, -0.15) is 0 Å². The summed E-state index contributed by atoms with van der Waals surface area (Å²) in [6, 6.07) is 3.12. The first-order chi connectivity index (χ1) is 7.25. The van der Waals surface area contributed by atoms with Crippen LogP contribution in [0.2, 0.25) is 0 Å². The molecule has 0 spiro atoms. The molecule has 76 valence electrons. The Hall–Kier alpha value is -2.09. The number of rotatable bonds is 2. The molecule has 2 aromatic rings. The second kappa shape index (κ2) is 3.96. The van der Waals surface area contributed by atoms with Gasteiger partial charge in [0.05, 0.1) is 11.9 Å². The third-order valence-corrected chi connectivity index (χ3v) is 2.05. The van der Waals surface area contributed by atoms with Crippen LogP contribution in [0, 0.1) is 0 Å². The maximum absolute atomic E-state index is 11.5. The van der Waals surface area contributed by atoms with E-state index in [0.717, 1.165) is 11.5 Å². The molecular formula is C7H6N6OS. The molecule has 0 radical (unpaired) electrons. The molecule has 2 heterocycles. The average molecular weight is 222 g/mol. The van der Waals surface area contributed by atoms with Gasteiger partial charge in [-0.3, -0.25) is 10.1 Å². The molecule has 2 aromatic heterocycles. The summed E-state index contributed by atoms with van der Waals surface area (Å²) in [6.45, 7) is 0. The van der Waals surface area contributed by atoms with E-state index in [9.17, 15) is 4.79 Å². The molecule has 0 aliphatic heterocycles. The summed E-state index contributed by atoms with van der Waals surface area (Å²) in [5, 5.41) is 9.75. The summed E-state index contributed by atoms with van der Waals surface area (Å²) < 4.78 is 3.51. The molecule has 8 heteroatoms. The monoisotopic (exact) mass is 222 g/mol. The van der Waals surface area contributed by atoms with Crippen LogP contribution in [0.1, 0.15) is 10.5 Å². The maximum atomic E-state index is 11.5. The summed E-state index contributed by atoms with van der Waals surface area (Å²) in [6.07, 6.45) is 1.41. The normalized spacial score (nSPS) is 9.87. The molecule has 0 bridgehead atoms. The van der Waals surface area contributed by atoms with Crippen molar-refractivity contribution in [3.63, 3.8) is 0 Å². The molecule has 0 aliphatic rings. The summed E-state index contributed by atoms with van der Waals surface area (Å²) in [5.74, 6) is -0.367. The second-order valence-electron chi connectivity index (χ2n) is 2.60. The van der Waals surface area contributed by atoms with Crippen LogP contribution in [0.5, 0.6) is 0 Å². The molecule has 1 amide bonds. The van der Waals surface area contributed by atoms with Crippen molar-refractivity contribution >= 4 is 28.3 Å². The van der Waals surface area contributed by atoms with E-state index in [0.29, 0.717) is 10.8 Å². The van der Waals surface area contributed by atoms with Gasteiger partial charge < -0.3 is 5.73 Å². The number of hydrogen-bond donors (Lipinski definition) is 2. The average Bonchev–Trinajstić information content (AvgIpc) is 2.71. The van der Waals surface area contributed by atoms with Crippen molar-refractivity contribution in [2.75, 3.05) is 11.1 Å². The van der Waals surface area contributed by atoms with Crippen molar-refractivity contribution in [1.82, 2.24) is 19.8 Å². The number of nitrogens with zero attached hydrogens (tertiary/aromatic N) is 4. The van der Waals surface area contributed by atoms with Gasteiger partial charge in [0.15, 0.2) is 0 Å². The molecule has 0 aromatic carbocycles. The second-order valence-corrected chi connectivity index (χ2v) is 3.33. The van der Waals surface area contributed by atoms with Crippen molar-refractivity contribution in [1.29, 1.82) is 0 Å². The number of amides is 1. The van der Waals surface area contributed by atoms with E-state index in [-0.39, 0.29) is 11.6 Å². The Kier molecular flexibility index (Phi) is 2.50. The van der Waals surface area contributed by atoms with Gasteiger partial charge in [0.25, 0.3) is 5.91 Å². The largest absolute Gasteiger partial charge is 0.397 e. The fourth-order valence-corrected chi connectivity index (χ4v) is 1.24. The fourth-order valence-electron chi connectivity index (χ4n) is 0.883. The predicted molar refractivity (Wildman–Crippen MR) is 54.3 cm³/mol. The van der Waals surface area contributed by atoms with Crippen LogP contribution >= 0.6 is 11.5 Å². The predicted octanol–water partition coefficient (Wildman–Crippen LogP) is 0.163. The minimum Gasteiger partial charge on any atom is -0.397 e. The zero-order valence-electron chi connectivity index (χ0n) is 7.41. The summed E-state index contributed by atoms with van der Waals surface area (Å²) in [5.41, 5.74) is 6.21. The lowest BCUT2D eigenvalue weighted by atomic mass is 10.3. The van der Waals surface area contributed by atoms with E-state index in [4.69, 9.17) is 5.73 Å². The third kappa shape index (κ3) is 2.23. The van der Waals surface area contributed by atoms with E-state index in [1.165, 1.54) is 12.3 Å². The Morgan fingerprint density at radius 3 is 2.93 bits per heavy atom. The summed E-state index contributed by atoms with van der Waals surface area (Å²) >= 11 is 0.992. The lowest BCUT2D eigenvalue weighted by Gasteiger charge is -1.99. The van der Waals surface area contributed by atoms with Crippen molar-refractivity contribution in [3.05, 3.63) is 24.0 Å². The fraction of sp³-hybridized carbons (Fsp3) is 0. The smallest absolute Gasteiger partial charge is 0.276 e. The highest BCUT2D eigenvalue weighted by molar-refractivity contribution is 7.09. The first-order valence-electron chi connectivity index (χ1n) is 3.93. The van der Waals surface area contributed by atoms with Crippen LogP contribution in [-0.4, -0.2) is 25.7 Å². The molecule has 0 aliphatic carbocycles. The van der Waals surface area contributed by atoms with Gasteiger partial charge >= 0.3 is 0 Å².